The van der Waals surface area contributed by atoms with Crippen LogP contribution in [0, 0.1) is 5.92 Å². The van der Waals surface area contributed by atoms with E-state index in [1.54, 1.807) is 0 Å². The maximum atomic E-state index is 9.00. The van der Waals surface area contributed by atoms with Gasteiger partial charge < -0.3 is 15.3 Å². The van der Waals surface area contributed by atoms with E-state index in [1.807, 2.05) is 6.08 Å². The van der Waals surface area contributed by atoms with E-state index in [0.29, 0.717) is 19.0 Å². The molecule has 4 nitrogen and oxygen atoms in total. The zero-order chi connectivity index (χ0) is 10.8. The SMILES string of the molecule is CC(C)C1=CCN(C(O)(O)O)CCC1. The minimum absolute atomic E-state index is 0.386. The highest BCUT2D eigenvalue weighted by Gasteiger charge is 2.29. The van der Waals surface area contributed by atoms with Gasteiger partial charge in [-0.3, -0.25) is 0 Å². The number of allylic oxidation sites excluding steroid dienone is 1. The van der Waals surface area contributed by atoms with Gasteiger partial charge >= 0.3 is 6.10 Å². The summed E-state index contributed by atoms with van der Waals surface area (Å²) in [5, 5.41) is 27.0. The van der Waals surface area contributed by atoms with Crippen molar-refractivity contribution in [3.05, 3.63) is 11.6 Å². The summed E-state index contributed by atoms with van der Waals surface area (Å²) in [4.78, 5) is 1.24. The van der Waals surface area contributed by atoms with Crippen LogP contribution in [0.25, 0.3) is 0 Å². The number of hydrogen-bond donors (Lipinski definition) is 3. The summed E-state index contributed by atoms with van der Waals surface area (Å²) in [6, 6.07) is 0. The predicted molar refractivity (Wildman–Crippen MR) is 53.1 cm³/mol. The molecule has 0 aliphatic carbocycles. The Bertz CT molecular complexity index is 218. The van der Waals surface area contributed by atoms with Crippen molar-refractivity contribution in [1.29, 1.82) is 0 Å². The number of aliphatic hydroxyl groups is 3. The Labute approximate surface area is 84.5 Å². The van der Waals surface area contributed by atoms with Crippen molar-refractivity contribution >= 4 is 0 Å². The average molecular weight is 201 g/mol. The first-order valence-corrected chi connectivity index (χ1v) is 5.02. The van der Waals surface area contributed by atoms with Crippen molar-refractivity contribution in [3.8, 4) is 0 Å². The lowest BCUT2D eigenvalue weighted by atomic mass is 9.99. The first kappa shape index (κ1) is 11.7. The van der Waals surface area contributed by atoms with E-state index in [0.717, 1.165) is 12.8 Å². The van der Waals surface area contributed by atoms with Gasteiger partial charge in [0, 0.05) is 13.1 Å². The second-order valence-electron chi connectivity index (χ2n) is 4.08. The molecule has 0 fully saturated rings. The molecular weight excluding hydrogens is 182 g/mol. The van der Waals surface area contributed by atoms with Crippen LogP contribution in [0.1, 0.15) is 26.7 Å². The van der Waals surface area contributed by atoms with Gasteiger partial charge in [-0.2, -0.15) is 0 Å². The van der Waals surface area contributed by atoms with E-state index >= 15 is 0 Å². The Kier molecular flexibility index (Phi) is 3.66. The van der Waals surface area contributed by atoms with Crippen LogP contribution in [0.3, 0.4) is 0 Å². The topological polar surface area (TPSA) is 63.9 Å². The van der Waals surface area contributed by atoms with Gasteiger partial charge in [0.05, 0.1) is 0 Å². The molecule has 0 atom stereocenters. The molecule has 0 bridgehead atoms. The maximum Gasteiger partial charge on any atom is 0.346 e. The lowest BCUT2D eigenvalue weighted by Gasteiger charge is -2.27. The first-order chi connectivity index (χ1) is 6.41. The molecule has 1 heterocycles. The highest BCUT2D eigenvalue weighted by atomic mass is 16.7. The molecule has 0 aromatic rings. The zero-order valence-corrected chi connectivity index (χ0v) is 8.77. The zero-order valence-electron chi connectivity index (χ0n) is 8.77. The van der Waals surface area contributed by atoms with Gasteiger partial charge in [-0.05, 0) is 18.8 Å². The molecule has 1 aliphatic heterocycles. The Morgan fingerprint density at radius 3 is 2.50 bits per heavy atom. The average Bonchev–Trinajstić information content (AvgIpc) is 2.26. The number of hydrogen-bond acceptors (Lipinski definition) is 4. The molecule has 4 heteroatoms. The van der Waals surface area contributed by atoms with Crippen LogP contribution in [0.15, 0.2) is 11.6 Å². The van der Waals surface area contributed by atoms with Crippen molar-refractivity contribution in [2.75, 3.05) is 13.1 Å². The molecule has 0 amide bonds. The van der Waals surface area contributed by atoms with Crippen LogP contribution in [0.5, 0.6) is 0 Å². The molecule has 0 unspecified atom stereocenters. The van der Waals surface area contributed by atoms with E-state index in [9.17, 15) is 0 Å². The minimum atomic E-state index is -2.68. The Balaban J connectivity index is 2.64. The first-order valence-electron chi connectivity index (χ1n) is 5.02. The third-order valence-electron chi connectivity index (χ3n) is 2.63. The molecule has 0 aromatic carbocycles. The quantitative estimate of drug-likeness (QED) is 0.443. The summed E-state index contributed by atoms with van der Waals surface area (Å²) in [6.07, 6.45) is 1.09. The summed E-state index contributed by atoms with van der Waals surface area (Å²) in [5.41, 5.74) is 1.32. The molecule has 0 saturated carbocycles. The van der Waals surface area contributed by atoms with Crippen molar-refractivity contribution in [2.24, 2.45) is 5.92 Å². The maximum absolute atomic E-state index is 9.00. The third kappa shape index (κ3) is 3.06. The fourth-order valence-corrected chi connectivity index (χ4v) is 1.69. The van der Waals surface area contributed by atoms with Crippen LogP contribution in [-0.2, 0) is 0 Å². The van der Waals surface area contributed by atoms with E-state index in [1.165, 1.54) is 10.5 Å². The summed E-state index contributed by atoms with van der Waals surface area (Å²) >= 11 is 0. The van der Waals surface area contributed by atoms with Crippen LogP contribution in [0.2, 0.25) is 0 Å². The van der Waals surface area contributed by atoms with Gasteiger partial charge in [0.1, 0.15) is 0 Å². The summed E-state index contributed by atoms with van der Waals surface area (Å²) in [7, 11) is 0. The van der Waals surface area contributed by atoms with Crippen LogP contribution in [-0.4, -0.2) is 39.4 Å². The number of nitrogens with zero attached hydrogens (tertiary/aromatic N) is 1. The van der Waals surface area contributed by atoms with Crippen LogP contribution < -0.4 is 0 Å². The van der Waals surface area contributed by atoms with E-state index in [-0.39, 0.29) is 0 Å². The van der Waals surface area contributed by atoms with Crippen molar-refractivity contribution in [3.63, 3.8) is 0 Å². The molecule has 1 aliphatic rings. The van der Waals surface area contributed by atoms with Crippen LogP contribution >= 0.6 is 0 Å². The largest absolute Gasteiger partial charge is 0.346 e. The normalized spacial score (nSPS) is 20.9. The lowest BCUT2D eigenvalue weighted by molar-refractivity contribution is -0.391. The van der Waals surface area contributed by atoms with Gasteiger partial charge in [0.25, 0.3) is 0 Å². The monoisotopic (exact) mass is 201 g/mol. The highest BCUT2D eigenvalue weighted by Crippen LogP contribution is 2.20. The third-order valence-corrected chi connectivity index (χ3v) is 2.63. The van der Waals surface area contributed by atoms with Crippen molar-refractivity contribution in [2.45, 2.75) is 32.8 Å². The second kappa shape index (κ2) is 4.40. The smallest absolute Gasteiger partial charge is 0.330 e. The molecular formula is C10H19NO3. The Hall–Kier alpha value is -0.420. The molecule has 0 saturated heterocycles. The van der Waals surface area contributed by atoms with Gasteiger partial charge in [-0.15, -0.1) is 0 Å². The summed E-state index contributed by atoms with van der Waals surface area (Å²) in [5.74, 6) is 0.487. The van der Waals surface area contributed by atoms with Gasteiger partial charge in [0.15, 0.2) is 0 Å². The standard InChI is InChI=1S/C10H19NO3/c1-8(2)9-4-3-6-11(7-5-9)10(12,13)14/h5,8,12-14H,3-4,6-7H2,1-2H3. The fraction of sp³-hybridized carbons (Fsp3) is 0.800. The fourth-order valence-electron chi connectivity index (χ4n) is 1.69. The molecule has 0 spiro atoms. The Morgan fingerprint density at radius 2 is 2.00 bits per heavy atom. The van der Waals surface area contributed by atoms with Crippen molar-refractivity contribution < 1.29 is 15.3 Å². The highest BCUT2D eigenvalue weighted by molar-refractivity contribution is 5.07. The molecule has 14 heavy (non-hydrogen) atoms. The van der Waals surface area contributed by atoms with Gasteiger partial charge in [-0.1, -0.05) is 25.5 Å². The molecule has 0 radical (unpaired) electrons. The van der Waals surface area contributed by atoms with E-state index in [2.05, 4.69) is 13.8 Å². The second-order valence-corrected chi connectivity index (χ2v) is 4.08. The Morgan fingerprint density at radius 1 is 1.36 bits per heavy atom. The molecule has 1 rings (SSSR count). The molecule has 0 aromatic heterocycles. The predicted octanol–water partition coefficient (Wildman–Crippen LogP) is 0.253. The van der Waals surface area contributed by atoms with E-state index < -0.39 is 6.10 Å². The summed E-state index contributed by atoms with van der Waals surface area (Å²) in [6.45, 7) is 5.12. The van der Waals surface area contributed by atoms with Gasteiger partial charge in [-0.25, -0.2) is 4.90 Å². The summed E-state index contributed by atoms with van der Waals surface area (Å²) < 4.78 is 0. The van der Waals surface area contributed by atoms with Gasteiger partial charge in [0.2, 0.25) is 0 Å². The lowest BCUT2D eigenvalue weighted by Crippen LogP contribution is -2.48. The number of rotatable bonds is 2. The molecule has 3 N–H and O–H groups in total. The van der Waals surface area contributed by atoms with Crippen LogP contribution in [0.4, 0.5) is 0 Å². The van der Waals surface area contributed by atoms with E-state index in [4.69, 9.17) is 15.3 Å². The molecule has 82 valence electrons. The minimum Gasteiger partial charge on any atom is -0.330 e. The van der Waals surface area contributed by atoms with Crippen molar-refractivity contribution in [1.82, 2.24) is 4.90 Å².